The first-order valence-electron chi connectivity index (χ1n) is 6.10. The molecule has 0 aliphatic carbocycles. The molecule has 100 valence electrons. The zero-order valence-corrected chi connectivity index (χ0v) is 12.5. The van der Waals surface area contributed by atoms with Crippen LogP contribution in [0.2, 0.25) is 0 Å². The SMILES string of the molecule is Cc1cnc(C(N)Cc2cc(F)ccc2Br)c(C)c1. The molecule has 0 saturated carbocycles. The fraction of sp³-hybridized carbons (Fsp3) is 0.267. The van der Waals surface area contributed by atoms with Crippen LogP contribution in [-0.4, -0.2) is 4.98 Å². The zero-order valence-electron chi connectivity index (χ0n) is 11.0. The molecule has 0 amide bonds. The molecule has 0 aliphatic heterocycles. The lowest BCUT2D eigenvalue weighted by Crippen LogP contribution is -2.16. The Kier molecular flexibility index (Phi) is 4.32. The van der Waals surface area contributed by atoms with Gasteiger partial charge in [0.25, 0.3) is 0 Å². The first-order chi connectivity index (χ1) is 8.97. The maximum Gasteiger partial charge on any atom is 0.123 e. The third-order valence-corrected chi connectivity index (χ3v) is 3.83. The van der Waals surface area contributed by atoms with Gasteiger partial charge in [0, 0.05) is 10.7 Å². The molecular weight excluding hydrogens is 307 g/mol. The number of aryl methyl sites for hydroxylation is 2. The van der Waals surface area contributed by atoms with E-state index in [4.69, 9.17) is 5.73 Å². The van der Waals surface area contributed by atoms with Crippen molar-refractivity contribution in [1.82, 2.24) is 4.98 Å². The molecule has 4 heteroatoms. The van der Waals surface area contributed by atoms with Crippen molar-refractivity contribution >= 4 is 15.9 Å². The molecule has 1 unspecified atom stereocenters. The number of hydrogen-bond acceptors (Lipinski definition) is 2. The molecular formula is C15H16BrFN2. The summed E-state index contributed by atoms with van der Waals surface area (Å²) in [6.45, 7) is 3.99. The predicted molar refractivity (Wildman–Crippen MR) is 78.4 cm³/mol. The Bertz CT molecular complexity index is 599. The van der Waals surface area contributed by atoms with E-state index in [-0.39, 0.29) is 11.9 Å². The zero-order chi connectivity index (χ0) is 14.0. The third kappa shape index (κ3) is 3.39. The minimum atomic E-state index is -0.251. The highest BCUT2D eigenvalue weighted by atomic mass is 79.9. The second-order valence-electron chi connectivity index (χ2n) is 4.76. The van der Waals surface area contributed by atoms with Gasteiger partial charge >= 0.3 is 0 Å². The van der Waals surface area contributed by atoms with Crippen LogP contribution in [0.4, 0.5) is 4.39 Å². The lowest BCUT2D eigenvalue weighted by atomic mass is 10.00. The standard InChI is InChI=1S/C15H16BrFN2/c1-9-5-10(2)15(19-8-9)14(18)7-11-6-12(17)3-4-13(11)16/h3-6,8,14H,7,18H2,1-2H3. The Morgan fingerprint density at radius 3 is 2.74 bits per heavy atom. The van der Waals surface area contributed by atoms with Crippen LogP contribution in [-0.2, 0) is 6.42 Å². The molecule has 0 fully saturated rings. The molecule has 0 aliphatic rings. The Hall–Kier alpha value is -1.26. The predicted octanol–water partition coefficient (Wildman–Crippen LogP) is 3.84. The summed E-state index contributed by atoms with van der Waals surface area (Å²) in [5.41, 5.74) is 10.1. The highest BCUT2D eigenvalue weighted by molar-refractivity contribution is 9.10. The van der Waals surface area contributed by atoms with Gasteiger partial charge in [0.1, 0.15) is 5.82 Å². The van der Waals surface area contributed by atoms with Crippen molar-refractivity contribution in [2.75, 3.05) is 0 Å². The maximum atomic E-state index is 13.3. The van der Waals surface area contributed by atoms with E-state index in [2.05, 4.69) is 27.0 Å². The van der Waals surface area contributed by atoms with Gasteiger partial charge in [-0.1, -0.05) is 22.0 Å². The fourth-order valence-corrected chi connectivity index (χ4v) is 2.56. The number of benzene rings is 1. The summed E-state index contributed by atoms with van der Waals surface area (Å²) in [6, 6.07) is 6.45. The van der Waals surface area contributed by atoms with E-state index in [0.29, 0.717) is 6.42 Å². The molecule has 0 bridgehead atoms. The summed E-state index contributed by atoms with van der Waals surface area (Å²) in [7, 11) is 0. The van der Waals surface area contributed by atoms with Gasteiger partial charge < -0.3 is 5.73 Å². The first kappa shape index (κ1) is 14.2. The smallest absolute Gasteiger partial charge is 0.123 e. The monoisotopic (exact) mass is 322 g/mol. The van der Waals surface area contributed by atoms with E-state index < -0.39 is 0 Å². The topological polar surface area (TPSA) is 38.9 Å². The average Bonchev–Trinajstić information content (AvgIpc) is 2.33. The van der Waals surface area contributed by atoms with Crippen LogP contribution >= 0.6 is 15.9 Å². The number of hydrogen-bond donors (Lipinski definition) is 1. The largest absolute Gasteiger partial charge is 0.322 e. The van der Waals surface area contributed by atoms with Gasteiger partial charge in [0.2, 0.25) is 0 Å². The van der Waals surface area contributed by atoms with E-state index in [1.807, 2.05) is 20.0 Å². The summed E-state index contributed by atoms with van der Waals surface area (Å²) in [4.78, 5) is 4.39. The van der Waals surface area contributed by atoms with Crippen LogP contribution in [0.3, 0.4) is 0 Å². The third-order valence-electron chi connectivity index (χ3n) is 3.05. The van der Waals surface area contributed by atoms with Gasteiger partial charge in [-0.15, -0.1) is 0 Å². The van der Waals surface area contributed by atoms with E-state index in [0.717, 1.165) is 26.9 Å². The molecule has 2 nitrogen and oxygen atoms in total. The second kappa shape index (κ2) is 5.80. The number of rotatable bonds is 3. The van der Waals surface area contributed by atoms with Crippen molar-refractivity contribution in [3.63, 3.8) is 0 Å². The lowest BCUT2D eigenvalue weighted by Gasteiger charge is -2.15. The fourth-order valence-electron chi connectivity index (χ4n) is 2.15. The summed E-state index contributed by atoms with van der Waals surface area (Å²) in [5, 5.41) is 0. The van der Waals surface area contributed by atoms with Gasteiger partial charge in [-0.05, 0) is 55.2 Å². The van der Waals surface area contributed by atoms with Crippen LogP contribution in [0, 0.1) is 19.7 Å². The van der Waals surface area contributed by atoms with Crippen molar-refractivity contribution in [3.8, 4) is 0 Å². The number of nitrogens with two attached hydrogens (primary N) is 1. The molecule has 19 heavy (non-hydrogen) atoms. The molecule has 1 atom stereocenters. The van der Waals surface area contributed by atoms with E-state index in [9.17, 15) is 4.39 Å². The van der Waals surface area contributed by atoms with Gasteiger partial charge in [0.15, 0.2) is 0 Å². The molecule has 2 aromatic rings. The number of pyridine rings is 1. The number of aromatic nitrogens is 1. The Morgan fingerprint density at radius 1 is 1.32 bits per heavy atom. The van der Waals surface area contributed by atoms with Gasteiger partial charge in [-0.2, -0.15) is 0 Å². The molecule has 1 aromatic heterocycles. The van der Waals surface area contributed by atoms with E-state index >= 15 is 0 Å². The number of nitrogens with zero attached hydrogens (tertiary/aromatic N) is 1. The molecule has 2 rings (SSSR count). The van der Waals surface area contributed by atoms with Crippen molar-refractivity contribution < 1.29 is 4.39 Å². The highest BCUT2D eigenvalue weighted by Gasteiger charge is 2.13. The minimum Gasteiger partial charge on any atom is -0.322 e. The molecule has 0 spiro atoms. The second-order valence-corrected chi connectivity index (χ2v) is 5.62. The minimum absolute atomic E-state index is 0.237. The molecule has 1 heterocycles. The van der Waals surface area contributed by atoms with Crippen molar-refractivity contribution in [2.45, 2.75) is 26.3 Å². The van der Waals surface area contributed by atoms with Crippen molar-refractivity contribution in [2.24, 2.45) is 5.73 Å². The van der Waals surface area contributed by atoms with Crippen LogP contribution in [0.25, 0.3) is 0 Å². The quantitative estimate of drug-likeness (QED) is 0.932. The maximum absolute atomic E-state index is 13.3. The van der Waals surface area contributed by atoms with Crippen LogP contribution in [0.5, 0.6) is 0 Å². The first-order valence-corrected chi connectivity index (χ1v) is 6.89. The number of halogens is 2. The van der Waals surface area contributed by atoms with E-state index in [1.165, 1.54) is 12.1 Å². The Morgan fingerprint density at radius 2 is 2.05 bits per heavy atom. The van der Waals surface area contributed by atoms with Gasteiger partial charge in [0.05, 0.1) is 11.7 Å². The summed E-state index contributed by atoms with van der Waals surface area (Å²) in [5.74, 6) is -0.251. The van der Waals surface area contributed by atoms with Crippen LogP contribution < -0.4 is 5.73 Å². The van der Waals surface area contributed by atoms with Crippen molar-refractivity contribution in [3.05, 3.63) is 63.1 Å². The Balaban J connectivity index is 2.25. The molecule has 0 saturated heterocycles. The highest BCUT2D eigenvalue weighted by Crippen LogP contribution is 2.24. The molecule has 2 N–H and O–H groups in total. The summed E-state index contributed by atoms with van der Waals surface area (Å²) in [6.07, 6.45) is 2.36. The Labute approximate surface area is 121 Å². The average molecular weight is 323 g/mol. The van der Waals surface area contributed by atoms with E-state index in [1.54, 1.807) is 6.07 Å². The van der Waals surface area contributed by atoms with Gasteiger partial charge in [-0.25, -0.2) is 4.39 Å². The van der Waals surface area contributed by atoms with Crippen LogP contribution in [0.1, 0.15) is 28.4 Å². The van der Waals surface area contributed by atoms with Crippen molar-refractivity contribution in [1.29, 1.82) is 0 Å². The van der Waals surface area contributed by atoms with Crippen LogP contribution in [0.15, 0.2) is 34.9 Å². The van der Waals surface area contributed by atoms with Gasteiger partial charge in [-0.3, -0.25) is 4.98 Å². The summed E-state index contributed by atoms with van der Waals surface area (Å²) >= 11 is 3.42. The normalized spacial score (nSPS) is 12.5. The molecule has 0 radical (unpaired) electrons. The summed E-state index contributed by atoms with van der Waals surface area (Å²) < 4.78 is 14.1. The molecule has 1 aromatic carbocycles. The lowest BCUT2D eigenvalue weighted by molar-refractivity contribution is 0.619.